The first-order valence-corrected chi connectivity index (χ1v) is 8.63. The Bertz CT molecular complexity index is 967. The van der Waals surface area contributed by atoms with Gasteiger partial charge >= 0.3 is 0 Å². The highest BCUT2D eigenvalue weighted by molar-refractivity contribution is 6.30. The Hall–Kier alpha value is -2.79. The summed E-state index contributed by atoms with van der Waals surface area (Å²) in [5, 5.41) is 4.83. The number of halogens is 1. The van der Waals surface area contributed by atoms with Gasteiger partial charge in [-0.3, -0.25) is 14.6 Å². The van der Waals surface area contributed by atoms with Crippen molar-refractivity contribution in [2.45, 2.75) is 26.3 Å². The van der Waals surface area contributed by atoms with Gasteiger partial charge in [0.25, 0.3) is 5.56 Å². The number of aromatic nitrogens is 3. The molecule has 0 saturated heterocycles. The lowest BCUT2D eigenvalue weighted by Crippen LogP contribution is -2.30. The minimum absolute atomic E-state index is 0.0572. The lowest BCUT2D eigenvalue weighted by molar-refractivity contribution is -0.119. The van der Waals surface area contributed by atoms with Crippen LogP contribution in [0.1, 0.15) is 22.5 Å². The third kappa shape index (κ3) is 4.64. The highest BCUT2D eigenvalue weighted by atomic mass is 35.5. The fourth-order valence-electron chi connectivity index (χ4n) is 2.73. The topological polar surface area (TPSA) is 64.8 Å². The number of hydrogen-bond acceptors (Lipinski definition) is 4. The third-order valence-corrected chi connectivity index (χ3v) is 4.16. The maximum absolute atomic E-state index is 12.7. The van der Waals surface area contributed by atoms with E-state index < -0.39 is 0 Å². The van der Waals surface area contributed by atoms with Crippen molar-refractivity contribution >= 4 is 17.4 Å². The zero-order valence-electron chi connectivity index (χ0n) is 14.4. The fraction of sp³-hybridized carbons (Fsp3) is 0.200. The molecule has 0 bridgehead atoms. The van der Waals surface area contributed by atoms with Crippen LogP contribution < -0.4 is 5.56 Å². The number of nitrogens with zero attached hydrogens (tertiary/aromatic N) is 3. The van der Waals surface area contributed by atoms with Gasteiger partial charge in [0.2, 0.25) is 0 Å². The molecule has 3 aromatic rings. The van der Waals surface area contributed by atoms with Crippen molar-refractivity contribution in [2.75, 3.05) is 0 Å². The number of hydrogen-bond donors (Lipinski definition) is 0. The van der Waals surface area contributed by atoms with Crippen LogP contribution in [0.4, 0.5) is 0 Å². The molecule has 0 atom stereocenters. The molecule has 0 aliphatic rings. The summed E-state index contributed by atoms with van der Waals surface area (Å²) in [6.45, 7) is 1.75. The van der Waals surface area contributed by atoms with Gasteiger partial charge in [0.1, 0.15) is 6.54 Å². The van der Waals surface area contributed by atoms with Crippen molar-refractivity contribution in [2.24, 2.45) is 0 Å². The van der Waals surface area contributed by atoms with Gasteiger partial charge in [0, 0.05) is 35.3 Å². The minimum Gasteiger partial charge on any atom is -0.297 e. The molecule has 26 heavy (non-hydrogen) atoms. The number of rotatable bonds is 6. The Morgan fingerprint density at radius 2 is 1.92 bits per heavy atom. The van der Waals surface area contributed by atoms with Crippen LogP contribution in [0.3, 0.4) is 0 Å². The highest BCUT2D eigenvalue weighted by Crippen LogP contribution is 2.10. The molecule has 132 valence electrons. The van der Waals surface area contributed by atoms with Crippen molar-refractivity contribution in [1.29, 1.82) is 0 Å². The molecule has 5 nitrogen and oxygen atoms in total. The van der Waals surface area contributed by atoms with Crippen LogP contribution in [-0.4, -0.2) is 20.5 Å². The third-order valence-electron chi connectivity index (χ3n) is 3.91. The first kappa shape index (κ1) is 18.0. The Morgan fingerprint density at radius 3 is 2.62 bits per heavy atom. The van der Waals surface area contributed by atoms with Crippen molar-refractivity contribution in [1.82, 2.24) is 14.8 Å². The normalized spacial score (nSPS) is 10.7. The van der Waals surface area contributed by atoms with E-state index in [2.05, 4.69) is 10.1 Å². The van der Waals surface area contributed by atoms with Crippen LogP contribution in [-0.2, 0) is 24.2 Å². The first-order valence-electron chi connectivity index (χ1n) is 8.25. The molecular weight excluding hydrogens is 350 g/mol. The standard InChI is InChI=1S/C20H18ClN3O2/c1-14-10-16(12-18-4-2-3-9-22-18)20(26)24(23-14)13-19(25)11-15-5-7-17(21)8-6-15/h2-10H,11-13H2,1H3. The molecule has 0 saturated carbocycles. The van der Waals surface area contributed by atoms with Gasteiger partial charge in [0.15, 0.2) is 5.78 Å². The second-order valence-corrected chi connectivity index (χ2v) is 6.55. The van der Waals surface area contributed by atoms with Gasteiger partial charge in [0.05, 0.1) is 5.69 Å². The molecule has 0 fully saturated rings. The van der Waals surface area contributed by atoms with Crippen LogP contribution in [0.2, 0.25) is 5.02 Å². The fourth-order valence-corrected chi connectivity index (χ4v) is 2.85. The summed E-state index contributed by atoms with van der Waals surface area (Å²) >= 11 is 5.85. The van der Waals surface area contributed by atoms with E-state index in [9.17, 15) is 9.59 Å². The van der Waals surface area contributed by atoms with E-state index in [1.54, 1.807) is 36.5 Å². The lowest BCUT2D eigenvalue weighted by atomic mass is 10.1. The summed E-state index contributed by atoms with van der Waals surface area (Å²) in [5.41, 5.74) is 2.67. The summed E-state index contributed by atoms with van der Waals surface area (Å²) in [7, 11) is 0. The number of ketones is 1. The molecule has 2 aromatic heterocycles. The predicted octanol–water partition coefficient (Wildman–Crippen LogP) is 3.00. The van der Waals surface area contributed by atoms with Crippen LogP contribution in [0.25, 0.3) is 0 Å². The Balaban J connectivity index is 1.78. The van der Waals surface area contributed by atoms with Gasteiger partial charge in [-0.1, -0.05) is 29.8 Å². The smallest absolute Gasteiger partial charge is 0.270 e. The van der Waals surface area contributed by atoms with Crippen molar-refractivity contribution in [3.05, 3.63) is 92.6 Å². The van der Waals surface area contributed by atoms with Gasteiger partial charge in [-0.25, -0.2) is 4.68 Å². The highest BCUT2D eigenvalue weighted by Gasteiger charge is 2.12. The second kappa shape index (κ2) is 8.06. The van der Waals surface area contributed by atoms with E-state index in [-0.39, 0.29) is 24.3 Å². The largest absolute Gasteiger partial charge is 0.297 e. The summed E-state index contributed by atoms with van der Waals surface area (Å²) in [6.07, 6.45) is 2.33. The van der Waals surface area contributed by atoms with Crippen molar-refractivity contribution < 1.29 is 4.79 Å². The quantitative estimate of drug-likeness (QED) is 0.671. The summed E-state index contributed by atoms with van der Waals surface area (Å²) in [6, 6.07) is 14.4. The van der Waals surface area contributed by atoms with E-state index in [1.165, 1.54) is 4.68 Å². The van der Waals surface area contributed by atoms with E-state index in [4.69, 9.17) is 11.6 Å². The van der Waals surface area contributed by atoms with Gasteiger partial charge in [-0.05, 0) is 42.8 Å². The Kier molecular flexibility index (Phi) is 5.58. The number of aryl methyl sites for hydroxylation is 1. The molecule has 0 N–H and O–H groups in total. The number of carbonyl (C=O) groups is 1. The number of carbonyl (C=O) groups excluding carboxylic acids is 1. The molecule has 0 aliphatic carbocycles. The number of benzene rings is 1. The summed E-state index contributed by atoms with van der Waals surface area (Å²) < 4.78 is 1.24. The van der Waals surface area contributed by atoms with Crippen LogP contribution in [0, 0.1) is 6.92 Å². The molecular formula is C20H18ClN3O2. The maximum Gasteiger partial charge on any atom is 0.270 e. The van der Waals surface area contributed by atoms with E-state index in [0.717, 1.165) is 11.3 Å². The van der Waals surface area contributed by atoms with E-state index >= 15 is 0 Å². The Morgan fingerprint density at radius 1 is 1.15 bits per heavy atom. The zero-order chi connectivity index (χ0) is 18.5. The van der Waals surface area contributed by atoms with Crippen LogP contribution in [0.5, 0.6) is 0 Å². The zero-order valence-corrected chi connectivity index (χ0v) is 15.1. The molecule has 0 unspecified atom stereocenters. The molecule has 0 spiro atoms. The molecule has 1 aromatic carbocycles. The molecule has 2 heterocycles. The van der Waals surface area contributed by atoms with Crippen LogP contribution >= 0.6 is 11.6 Å². The molecule has 0 aliphatic heterocycles. The molecule has 0 radical (unpaired) electrons. The Labute approximate surface area is 156 Å². The molecule has 0 amide bonds. The predicted molar refractivity (Wildman–Crippen MR) is 100 cm³/mol. The van der Waals surface area contributed by atoms with Crippen molar-refractivity contribution in [3.63, 3.8) is 0 Å². The van der Waals surface area contributed by atoms with Crippen LogP contribution in [0.15, 0.2) is 59.5 Å². The van der Waals surface area contributed by atoms with E-state index in [1.807, 2.05) is 25.1 Å². The minimum atomic E-state index is -0.259. The number of Topliss-reactive ketones (excluding diaryl/α,β-unsaturated/α-hetero) is 1. The first-order chi connectivity index (χ1) is 12.5. The van der Waals surface area contributed by atoms with Gasteiger partial charge in [-0.15, -0.1) is 0 Å². The summed E-state index contributed by atoms with van der Waals surface area (Å²) in [4.78, 5) is 29.3. The average Bonchev–Trinajstić information content (AvgIpc) is 2.62. The lowest BCUT2D eigenvalue weighted by Gasteiger charge is -2.09. The number of pyridine rings is 1. The maximum atomic E-state index is 12.7. The molecule has 6 heteroatoms. The average molecular weight is 368 g/mol. The van der Waals surface area contributed by atoms with Gasteiger partial charge in [-0.2, -0.15) is 5.10 Å². The van der Waals surface area contributed by atoms with Gasteiger partial charge < -0.3 is 0 Å². The summed E-state index contributed by atoms with van der Waals surface area (Å²) in [5.74, 6) is -0.0868. The SMILES string of the molecule is Cc1cc(Cc2ccccn2)c(=O)n(CC(=O)Cc2ccc(Cl)cc2)n1. The second-order valence-electron chi connectivity index (χ2n) is 6.11. The molecule has 3 rings (SSSR count). The monoisotopic (exact) mass is 367 g/mol. The van der Waals surface area contributed by atoms with E-state index in [0.29, 0.717) is 22.7 Å². The van der Waals surface area contributed by atoms with Crippen molar-refractivity contribution in [3.8, 4) is 0 Å².